The van der Waals surface area contributed by atoms with Crippen LogP contribution in [0.4, 0.5) is 11.4 Å². The van der Waals surface area contributed by atoms with Crippen molar-refractivity contribution in [1.29, 1.82) is 0 Å². The fourth-order valence-electron chi connectivity index (χ4n) is 3.31. The summed E-state index contributed by atoms with van der Waals surface area (Å²) in [7, 11) is 0. The van der Waals surface area contributed by atoms with Gasteiger partial charge in [0, 0.05) is 12.2 Å². The topological polar surface area (TPSA) is 67.9 Å². The number of hydrogen-bond acceptors (Lipinski definition) is 4. The van der Waals surface area contributed by atoms with Crippen LogP contribution in [0.5, 0.6) is 11.5 Å². The molecular weight excluding hydrogens is 368 g/mol. The lowest BCUT2D eigenvalue weighted by molar-refractivity contribution is -0.121. The van der Waals surface area contributed by atoms with Gasteiger partial charge in [-0.05, 0) is 49.2 Å². The first-order chi connectivity index (χ1) is 14.1. The van der Waals surface area contributed by atoms with E-state index < -0.39 is 0 Å². The van der Waals surface area contributed by atoms with Gasteiger partial charge in [-0.15, -0.1) is 0 Å². The van der Waals surface area contributed by atoms with Crippen LogP contribution in [-0.4, -0.2) is 31.6 Å². The molecule has 0 bridgehead atoms. The third-order valence-electron chi connectivity index (χ3n) is 4.77. The Labute approximate surface area is 171 Å². The second-order valence-corrected chi connectivity index (χ2v) is 7.03. The highest BCUT2D eigenvalue weighted by atomic mass is 16.5. The first kappa shape index (κ1) is 20.7. The number of unbranched alkanes of at least 4 members (excludes halogenated alkanes) is 2. The number of anilines is 2. The van der Waals surface area contributed by atoms with Crippen LogP contribution in [0, 0.1) is 0 Å². The maximum atomic E-state index is 12.5. The molecule has 0 atom stereocenters. The first-order valence-electron chi connectivity index (χ1n) is 10.2. The van der Waals surface area contributed by atoms with Gasteiger partial charge < -0.3 is 19.7 Å². The van der Waals surface area contributed by atoms with Gasteiger partial charge in [-0.25, -0.2) is 0 Å². The number of rotatable bonds is 9. The Balaban J connectivity index is 1.66. The average molecular weight is 396 g/mol. The highest BCUT2D eigenvalue weighted by Crippen LogP contribution is 2.34. The molecule has 1 heterocycles. The van der Waals surface area contributed by atoms with E-state index in [-0.39, 0.29) is 24.8 Å². The van der Waals surface area contributed by atoms with Crippen LogP contribution in [0.15, 0.2) is 42.5 Å². The van der Waals surface area contributed by atoms with Gasteiger partial charge in [0.2, 0.25) is 5.91 Å². The molecule has 0 aromatic heterocycles. The van der Waals surface area contributed by atoms with Crippen molar-refractivity contribution in [1.82, 2.24) is 0 Å². The molecule has 0 unspecified atom stereocenters. The van der Waals surface area contributed by atoms with Gasteiger partial charge in [0.05, 0.1) is 18.7 Å². The zero-order chi connectivity index (χ0) is 20.6. The molecule has 1 aliphatic heterocycles. The molecule has 154 valence electrons. The Hall–Kier alpha value is -3.02. The maximum absolute atomic E-state index is 12.5. The second-order valence-electron chi connectivity index (χ2n) is 7.03. The Kier molecular flexibility index (Phi) is 7.11. The summed E-state index contributed by atoms with van der Waals surface area (Å²) in [6.45, 7) is 5.39. The molecule has 2 aromatic carbocycles. The summed E-state index contributed by atoms with van der Waals surface area (Å²) < 4.78 is 11.0. The second kappa shape index (κ2) is 9.96. The smallest absolute Gasteiger partial charge is 0.265 e. The Morgan fingerprint density at radius 3 is 2.66 bits per heavy atom. The minimum atomic E-state index is -0.116. The third kappa shape index (κ3) is 5.50. The molecule has 3 rings (SSSR count). The molecule has 0 fully saturated rings. The standard InChI is InChI=1S/C23H28N2O4/c1-3-5-6-13-25-20-15-18(9-12-21(20)29-16-23(25)27)24-22(26)14-17-7-10-19(11-8-17)28-4-2/h7-12,15H,3-6,13-14,16H2,1-2H3,(H,24,26). The summed E-state index contributed by atoms with van der Waals surface area (Å²) in [5.41, 5.74) is 2.28. The van der Waals surface area contributed by atoms with E-state index in [4.69, 9.17) is 9.47 Å². The summed E-state index contributed by atoms with van der Waals surface area (Å²) in [5, 5.41) is 2.92. The van der Waals surface area contributed by atoms with Gasteiger partial charge in [0.1, 0.15) is 11.5 Å². The van der Waals surface area contributed by atoms with Crippen molar-refractivity contribution in [3.8, 4) is 11.5 Å². The van der Waals surface area contributed by atoms with Crippen molar-refractivity contribution in [2.24, 2.45) is 0 Å². The fraction of sp³-hybridized carbons (Fsp3) is 0.391. The van der Waals surface area contributed by atoms with E-state index in [0.29, 0.717) is 24.6 Å². The zero-order valence-electron chi connectivity index (χ0n) is 17.1. The predicted octanol–water partition coefficient (Wildman–Crippen LogP) is 4.18. The molecule has 2 amide bonds. The van der Waals surface area contributed by atoms with Crippen LogP contribution < -0.4 is 19.7 Å². The average Bonchev–Trinajstić information content (AvgIpc) is 2.71. The van der Waals surface area contributed by atoms with E-state index in [1.807, 2.05) is 37.3 Å². The van der Waals surface area contributed by atoms with Crippen molar-refractivity contribution >= 4 is 23.2 Å². The number of nitrogens with one attached hydrogen (secondary N) is 1. The summed E-state index contributed by atoms with van der Waals surface area (Å²) in [5.74, 6) is 1.30. The van der Waals surface area contributed by atoms with Crippen LogP contribution in [-0.2, 0) is 16.0 Å². The van der Waals surface area contributed by atoms with E-state index in [0.717, 1.165) is 36.3 Å². The van der Waals surface area contributed by atoms with Gasteiger partial charge in [-0.2, -0.15) is 0 Å². The van der Waals surface area contributed by atoms with E-state index in [1.165, 1.54) is 0 Å². The van der Waals surface area contributed by atoms with Crippen LogP contribution >= 0.6 is 0 Å². The number of fused-ring (bicyclic) bond motifs is 1. The van der Waals surface area contributed by atoms with E-state index in [2.05, 4.69) is 12.2 Å². The number of benzene rings is 2. The summed E-state index contributed by atoms with van der Waals surface area (Å²) in [6, 6.07) is 12.9. The SMILES string of the molecule is CCCCCN1C(=O)COc2ccc(NC(=O)Cc3ccc(OCC)cc3)cc21. The molecule has 0 radical (unpaired) electrons. The lowest BCUT2D eigenvalue weighted by atomic mass is 10.1. The van der Waals surface area contributed by atoms with Gasteiger partial charge >= 0.3 is 0 Å². The molecule has 6 nitrogen and oxygen atoms in total. The molecule has 1 aliphatic rings. The normalized spacial score (nSPS) is 12.9. The minimum Gasteiger partial charge on any atom is -0.494 e. The predicted molar refractivity (Wildman–Crippen MR) is 114 cm³/mol. The Morgan fingerprint density at radius 2 is 1.93 bits per heavy atom. The van der Waals surface area contributed by atoms with Crippen molar-refractivity contribution in [2.45, 2.75) is 39.5 Å². The highest BCUT2D eigenvalue weighted by Gasteiger charge is 2.25. The number of carbonyl (C=O) groups excluding carboxylic acids is 2. The van der Waals surface area contributed by atoms with Crippen LogP contribution in [0.2, 0.25) is 0 Å². The fourth-order valence-corrected chi connectivity index (χ4v) is 3.31. The van der Waals surface area contributed by atoms with Crippen LogP contribution in [0.1, 0.15) is 38.7 Å². The summed E-state index contributed by atoms with van der Waals surface area (Å²) in [6.07, 6.45) is 3.36. The van der Waals surface area contributed by atoms with E-state index >= 15 is 0 Å². The van der Waals surface area contributed by atoms with Crippen molar-refractivity contribution in [2.75, 3.05) is 30.0 Å². The van der Waals surface area contributed by atoms with Gasteiger partial charge in [-0.1, -0.05) is 31.9 Å². The maximum Gasteiger partial charge on any atom is 0.265 e. The number of nitrogens with zero attached hydrogens (tertiary/aromatic N) is 1. The summed E-state index contributed by atoms with van der Waals surface area (Å²) >= 11 is 0. The number of carbonyl (C=O) groups is 2. The highest BCUT2D eigenvalue weighted by molar-refractivity contribution is 5.99. The lowest BCUT2D eigenvalue weighted by Gasteiger charge is -2.30. The molecule has 0 aliphatic carbocycles. The van der Waals surface area contributed by atoms with Gasteiger partial charge in [-0.3, -0.25) is 9.59 Å². The number of amides is 2. The van der Waals surface area contributed by atoms with Crippen molar-refractivity contribution in [3.63, 3.8) is 0 Å². The molecule has 2 aromatic rings. The first-order valence-corrected chi connectivity index (χ1v) is 10.2. The van der Waals surface area contributed by atoms with E-state index in [1.54, 1.807) is 17.0 Å². The van der Waals surface area contributed by atoms with Crippen LogP contribution in [0.25, 0.3) is 0 Å². The molecule has 0 spiro atoms. The minimum absolute atomic E-state index is 0.0496. The Bertz CT molecular complexity index is 848. The molecule has 1 N–H and O–H groups in total. The zero-order valence-corrected chi connectivity index (χ0v) is 17.1. The lowest BCUT2D eigenvalue weighted by Crippen LogP contribution is -2.39. The van der Waals surface area contributed by atoms with Crippen molar-refractivity contribution < 1.29 is 19.1 Å². The molecule has 6 heteroatoms. The van der Waals surface area contributed by atoms with Gasteiger partial charge in [0.25, 0.3) is 5.91 Å². The van der Waals surface area contributed by atoms with Crippen molar-refractivity contribution in [3.05, 3.63) is 48.0 Å². The quantitative estimate of drug-likeness (QED) is 0.646. The number of ether oxygens (including phenoxy) is 2. The third-order valence-corrected chi connectivity index (χ3v) is 4.77. The molecule has 29 heavy (non-hydrogen) atoms. The number of hydrogen-bond donors (Lipinski definition) is 1. The largest absolute Gasteiger partial charge is 0.494 e. The summed E-state index contributed by atoms with van der Waals surface area (Å²) in [4.78, 5) is 26.5. The van der Waals surface area contributed by atoms with E-state index in [9.17, 15) is 9.59 Å². The monoisotopic (exact) mass is 396 g/mol. The molecule has 0 saturated carbocycles. The molecular formula is C23H28N2O4. The Morgan fingerprint density at radius 1 is 1.14 bits per heavy atom. The van der Waals surface area contributed by atoms with Gasteiger partial charge in [0.15, 0.2) is 6.61 Å². The van der Waals surface area contributed by atoms with Crippen LogP contribution in [0.3, 0.4) is 0 Å². The molecule has 0 saturated heterocycles.